The normalized spacial score (nSPS) is 18.8. The molecule has 0 amide bonds. The summed E-state index contributed by atoms with van der Waals surface area (Å²) in [6.07, 6.45) is -0.949. The predicted molar refractivity (Wildman–Crippen MR) is 54.2 cm³/mol. The van der Waals surface area contributed by atoms with Crippen molar-refractivity contribution in [3.05, 3.63) is 34.6 Å². The van der Waals surface area contributed by atoms with Crippen LogP contribution in [0.5, 0.6) is 0 Å². The summed E-state index contributed by atoms with van der Waals surface area (Å²) < 4.78 is 66.4. The Labute approximate surface area is 101 Å². The first-order chi connectivity index (χ1) is 8.36. The monoisotopic (exact) mass is 266 g/mol. The van der Waals surface area contributed by atoms with Crippen LogP contribution in [0, 0.1) is 29.1 Å². The maximum Gasteiger partial charge on any atom is 0.200 e. The van der Waals surface area contributed by atoms with Gasteiger partial charge in [-0.3, -0.25) is 9.80 Å². The third-order valence-corrected chi connectivity index (χ3v) is 3.14. The molecule has 1 fully saturated rings. The van der Waals surface area contributed by atoms with Gasteiger partial charge in [0.05, 0.1) is 11.7 Å². The van der Waals surface area contributed by atoms with Gasteiger partial charge in [-0.2, -0.15) is 0 Å². The quantitative estimate of drug-likeness (QED) is 0.437. The van der Waals surface area contributed by atoms with E-state index in [0.29, 0.717) is 13.1 Å². The van der Waals surface area contributed by atoms with Crippen molar-refractivity contribution >= 4 is 0 Å². The molecule has 0 radical (unpaired) electrons. The minimum atomic E-state index is -2.13. The highest BCUT2D eigenvalue weighted by molar-refractivity contribution is 5.27. The fraction of sp³-hybridized carbons (Fsp3) is 0.455. The van der Waals surface area contributed by atoms with Crippen LogP contribution in [0.15, 0.2) is 0 Å². The van der Waals surface area contributed by atoms with Crippen LogP contribution in [-0.4, -0.2) is 37.0 Å². The van der Waals surface area contributed by atoms with Crippen LogP contribution in [0.3, 0.4) is 0 Å². The first kappa shape index (κ1) is 13.2. The van der Waals surface area contributed by atoms with Gasteiger partial charge in [-0.1, -0.05) is 0 Å². The van der Waals surface area contributed by atoms with Crippen LogP contribution in [0.25, 0.3) is 0 Å². The molecule has 0 aliphatic carbocycles. The summed E-state index contributed by atoms with van der Waals surface area (Å²) in [6.45, 7) is 0.974. The molecule has 1 aliphatic rings. The second kappa shape index (κ2) is 4.47. The van der Waals surface area contributed by atoms with Crippen LogP contribution < -0.4 is 0 Å². The standard InChI is InChI=1S/C11H11F5N2/c1-17-3-4-18(2)11(17)5-6(12)8(14)10(16)9(15)7(5)13/h11H,3-4H2,1-2H3. The van der Waals surface area contributed by atoms with Gasteiger partial charge in [0.25, 0.3) is 0 Å². The molecular weight excluding hydrogens is 255 g/mol. The third kappa shape index (κ3) is 1.78. The first-order valence-corrected chi connectivity index (χ1v) is 5.28. The van der Waals surface area contributed by atoms with Gasteiger partial charge >= 0.3 is 0 Å². The predicted octanol–water partition coefficient (Wildman–Crippen LogP) is 2.26. The zero-order valence-electron chi connectivity index (χ0n) is 9.78. The topological polar surface area (TPSA) is 6.48 Å². The van der Waals surface area contributed by atoms with Crippen molar-refractivity contribution in [2.75, 3.05) is 27.2 Å². The van der Waals surface area contributed by atoms with Gasteiger partial charge in [-0.25, -0.2) is 22.0 Å². The summed E-state index contributed by atoms with van der Waals surface area (Å²) in [6, 6.07) is 0. The van der Waals surface area contributed by atoms with Gasteiger partial charge in [-0.15, -0.1) is 0 Å². The van der Waals surface area contributed by atoms with E-state index in [1.54, 1.807) is 14.1 Å². The van der Waals surface area contributed by atoms with Crippen molar-refractivity contribution in [2.24, 2.45) is 0 Å². The van der Waals surface area contributed by atoms with Crippen molar-refractivity contribution in [1.82, 2.24) is 9.80 Å². The van der Waals surface area contributed by atoms with E-state index in [1.165, 1.54) is 9.80 Å². The van der Waals surface area contributed by atoms with Crippen LogP contribution in [0.4, 0.5) is 22.0 Å². The molecule has 100 valence electrons. The molecule has 0 atom stereocenters. The van der Waals surface area contributed by atoms with Crippen LogP contribution >= 0.6 is 0 Å². The van der Waals surface area contributed by atoms with Gasteiger partial charge in [0.15, 0.2) is 23.3 Å². The highest BCUT2D eigenvalue weighted by Gasteiger charge is 2.36. The molecule has 1 heterocycles. The Kier molecular flexibility index (Phi) is 3.29. The number of benzene rings is 1. The zero-order chi connectivity index (χ0) is 13.6. The highest BCUT2D eigenvalue weighted by atomic mass is 19.2. The summed E-state index contributed by atoms with van der Waals surface area (Å²) in [5, 5.41) is 0. The molecule has 1 saturated heterocycles. The summed E-state index contributed by atoms with van der Waals surface area (Å²) in [5.74, 6) is -9.47. The van der Waals surface area contributed by atoms with Crippen molar-refractivity contribution in [3.63, 3.8) is 0 Å². The second-order valence-corrected chi connectivity index (χ2v) is 4.32. The molecule has 0 aromatic heterocycles. The molecular formula is C11H11F5N2. The smallest absolute Gasteiger partial charge is 0.200 e. The number of nitrogens with zero attached hydrogens (tertiary/aromatic N) is 2. The molecule has 0 spiro atoms. The lowest BCUT2D eigenvalue weighted by Crippen LogP contribution is -2.29. The minimum absolute atomic E-state index is 0.487. The number of likely N-dealkylation sites (N-methyl/N-ethyl adjacent to an activating group) is 2. The lowest BCUT2D eigenvalue weighted by Gasteiger charge is -2.26. The molecule has 0 saturated carbocycles. The van der Waals surface area contributed by atoms with Gasteiger partial charge in [0.1, 0.15) is 0 Å². The van der Waals surface area contributed by atoms with E-state index >= 15 is 0 Å². The molecule has 7 heteroatoms. The minimum Gasteiger partial charge on any atom is -0.286 e. The van der Waals surface area contributed by atoms with Crippen LogP contribution in [0.1, 0.15) is 11.7 Å². The summed E-state index contributed by atoms with van der Waals surface area (Å²) in [5.41, 5.74) is -0.797. The van der Waals surface area contributed by atoms with E-state index in [4.69, 9.17) is 0 Å². The summed E-state index contributed by atoms with van der Waals surface area (Å²) >= 11 is 0. The molecule has 0 N–H and O–H groups in total. The van der Waals surface area contributed by atoms with Crippen LogP contribution in [0.2, 0.25) is 0 Å². The SMILES string of the molecule is CN1CCN(C)C1c1c(F)c(F)c(F)c(F)c1F. The van der Waals surface area contributed by atoms with Gasteiger partial charge < -0.3 is 0 Å². The fourth-order valence-corrected chi connectivity index (χ4v) is 2.19. The average molecular weight is 266 g/mol. The van der Waals surface area contributed by atoms with E-state index in [9.17, 15) is 22.0 Å². The average Bonchev–Trinajstić information content (AvgIpc) is 2.66. The Hall–Kier alpha value is -1.21. The van der Waals surface area contributed by atoms with E-state index < -0.39 is 40.8 Å². The number of rotatable bonds is 1. The Morgan fingerprint density at radius 3 is 1.44 bits per heavy atom. The molecule has 1 aromatic rings. The maximum absolute atomic E-state index is 13.6. The third-order valence-electron chi connectivity index (χ3n) is 3.14. The Morgan fingerprint density at radius 2 is 1.06 bits per heavy atom. The first-order valence-electron chi connectivity index (χ1n) is 5.28. The molecule has 2 nitrogen and oxygen atoms in total. The zero-order valence-corrected chi connectivity index (χ0v) is 9.78. The van der Waals surface area contributed by atoms with E-state index in [-0.39, 0.29) is 0 Å². The lowest BCUT2D eigenvalue weighted by atomic mass is 10.1. The Morgan fingerprint density at radius 1 is 0.722 bits per heavy atom. The van der Waals surface area contributed by atoms with Gasteiger partial charge in [-0.05, 0) is 14.1 Å². The molecule has 1 aliphatic heterocycles. The van der Waals surface area contributed by atoms with Crippen molar-refractivity contribution in [2.45, 2.75) is 6.17 Å². The summed E-state index contributed by atoms with van der Waals surface area (Å²) in [7, 11) is 3.12. The summed E-state index contributed by atoms with van der Waals surface area (Å²) in [4.78, 5) is 3.05. The number of hydrogen-bond acceptors (Lipinski definition) is 2. The molecule has 18 heavy (non-hydrogen) atoms. The van der Waals surface area contributed by atoms with Gasteiger partial charge in [0.2, 0.25) is 5.82 Å². The van der Waals surface area contributed by atoms with Gasteiger partial charge in [0, 0.05) is 13.1 Å². The maximum atomic E-state index is 13.6. The molecule has 2 rings (SSSR count). The highest BCUT2D eigenvalue weighted by Crippen LogP contribution is 2.34. The number of hydrogen-bond donors (Lipinski definition) is 0. The largest absolute Gasteiger partial charge is 0.286 e. The fourth-order valence-electron chi connectivity index (χ4n) is 2.19. The molecule has 1 aromatic carbocycles. The second-order valence-electron chi connectivity index (χ2n) is 4.32. The van der Waals surface area contributed by atoms with E-state index in [2.05, 4.69) is 0 Å². The van der Waals surface area contributed by atoms with E-state index in [0.717, 1.165) is 0 Å². The molecule has 0 bridgehead atoms. The van der Waals surface area contributed by atoms with Crippen molar-refractivity contribution in [1.29, 1.82) is 0 Å². The van der Waals surface area contributed by atoms with E-state index in [1.807, 2.05) is 0 Å². The number of halogens is 5. The lowest BCUT2D eigenvalue weighted by molar-refractivity contribution is 0.174. The molecule has 0 unspecified atom stereocenters. The van der Waals surface area contributed by atoms with Crippen molar-refractivity contribution in [3.8, 4) is 0 Å². The van der Waals surface area contributed by atoms with Crippen LogP contribution in [-0.2, 0) is 0 Å². The van der Waals surface area contributed by atoms with Crippen molar-refractivity contribution < 1.29 is 22.0 Å². The Balaban J connectivity index is 2.64. The Bertz CT molecular complexity index is 452.